The van der Waals surface area contributed by atoms with Crippen LogP contribution in [0.1, 0.15) is 49.0 Å². The zero-order chi connectivity index (χ0) is 17.0. The summed E-state index contributed by atoms with van der Waals surface area (Å²) in [4.78, 5) is 23.9. The van der Waals surface area contributed by atoms with Gasteiger partial charge in [-0.3, -0.25) is 4.79 Å². The van der Waals surface area contributed by atoms with Crippen LogP contribution in [0.2, 0.25) is 0 Å². The van der Waals surface area contributed by atoms with Gasteiger partial charge in [-0.15, -0.1) is 0 Å². The summed E-state index contributed by atoms with van der Waals surface area (Å²) in [6.07, 6.45) is 3.26. The molecule has 2 rings (SSSR count). The molecule has 0 aliphatic heterocycles. The van der Waals surface area contributed by atoms with Gasteiger partial charge in [0.2, 0.25) is 0 Å². The van der Waals surface area contributed by atoms with Crippen LogP contribution in [0, 0.1) is 18.8 Å². The number of aromatic hydroxyl groups is 1. The van der Waals surface area contributed by atoms with Crippen molar-refractivity contribution in [3.63, 3.8) is 0 Å². The van der Waals surface area contributed by atoms with Gasteiger partial charge in [0.1, 0.15) is 11.3 Å². The molecule has 1 aromatic carbocycles. The molecule has 0 bridgehead atoms. The molecule has 1 aliphatic carbocycles. The van der Waals surface area contributed by atoms with Crippen molar-refractivity contribution in [3.05, 3.63) is 29.3 Å². The third-order valence-electron chi connectivity index (χ3n) is 4.76. The number of hydrogen-bond acceptors (Lipinski definition) is 4. The summed E-state index contributed by atoms with van der Waals surface area (Å²) >= 11 is 0. The molecular formula is C18H25NO4. The molecule has 0 aromatic heterocycles. The zero-order valence-corrected chi connectivity index (χ0v) is 14.0. The number of phenolic OH excluding ortho intramolecular Hbond substituents is 1. The molecule has 1 aliphatic rings. The Balaban J connectivity index is 1.85. The maximum Gasteiger partial charge on any atom is 0.342 e. The average molecular weight is 319 g/mol. The first-order valence-corrected chi connectivity index (χ1v) is 8.14. The summed E-state index contributed by atoms with van der Waals surface area (Å²) in [5.41, 5.74) is 0.917. The number of rotatable bonds is 4. The lowest BCUT2D eigenvalue weighted by Gasteiger charge is -2.34. The first-order chi connectivity index (χ1) is 10.9. The average Bonchev–Trinajstić information content (AvgIpc) is 2.49. The first kappa shape index (κ1) is 17.3. The highest BCUT2D eigenvalue weighted by Gasteiger charge is 2.28. The van der Waals surface area contributed by atoms with E-state index in [-0.39, 0.29) is 29.9 Å². The van der Waals surface area contributed by atoms with E-state index in [1.165, 1.54) is 18.6 Å². The molecule has 3 atom stereocenters. The van der Waals surface area contributed by atoms with Crippen LogP contribution in [-0.2, 0) is 9.53 Å². The van der Waals surface area contributed by atoms with Gasteiger partial charge in [-0.1, -0.05) is 32.8 Å². The van der Waals surface area contributed by atoms with Gasteiger partial charge >= 0.3 is 5.97 Å². The SMILES string of the molecule is Cc1ccc(C(=O)OCC(=O)NC2CCCC(C)C2C)c(O)c1. The van der Waals surface area contributed by atoms with E-state index in [9.17, 15) is 14.7 Å². The van der Waals surface area contributed by atoms with Gasteiger partial charge in [-0.25, -0.2) is 4.79 Å². The molecule has 5 nitrogen and oxygen atoms in total. The van der Waals surface area contributed by atoms with E-state index in [1.807, 2.05) is 6.92 Å². The molecule has 5 heteroatoms. The highest BCUT2D eigenvalue weighted by Crippen LogP contribution is 2.29. The third-order valence-corrected chi connectivity index (χ3v) is 4.76. The number of carbonyl (C=O) groups is 2. The van der Waals surface area contributed by atoms with E-state index < -0.39 is 5.97 Å². The second-order valence-electron chi connectivity index (χ2n) is 6.54. The number of phenols is 1. The van der Waals surface area contributed by atoms with E-state index >= 15 is 0 Å². The molecule has 1 amide bonds. The van der Waals surface area contributed by atoms with Gasteiger partial charge < -0.3 is 15.2 Å². The van der Waals surface area contributed by atoms with E-state index in [4.69, 9.17) is 4.74 Å². The fraction of sp³-hybridized carbons (Fsp3) is 0.556. The van der Waals surface area contributed by atoms with Crippen LogP contribution in [0.3, 0.4) is 0 Å². The maximum atomic E-state index is 12.0. The largest absolute Gasteiger partial charge is 0.507 e. The molecule has 0 heterocycles. The minimum Gasteiger partial charge on any atom is -0.507 e. The number of benzene rings is 1. The standard InChI is InChI=1S/C18H25NO4/c1-11-7-8-14(16(20)9-11)18(22)23-10-17(21)19-15-6-4-5-12(2)13(15)3/h7-9,12-13,15,20H,4-6,10H2,1-3H3,(H,19,21). The van der Waals surface area contributed by atoms with Crippen LogP contribution >= 0.6 is 0 Å². The van der Waals surface area contributed by atoms with Crippen molar-refractivity contribution in [1.82, 2.24) is 5.32 Å². The number of amides is 1. The summed E-state index contributed by atoms with van der Waals surface area (Å²) in [6, 6.07) is 4.83. The molecule has 3 unspecified atom stereocenters. The van der Waals surface area contributed by atoms with Crippen molar-refractivity contribution in [2.24, 2.45) is 11.8 Å². The Bertz CT molecular complexity index is 584. The number of hydrogen-bond donors (Lipinski definition) is 2. The lowest BCUT2D eigenvalue weighted by atomic mass is 9.78. The van der Waals surface area contributed by atoms with Crippen LogP contribution in [0.15, 0.2) is 18.2 Å². The van der Waals surface area contributed by atoms with Gasteiger partial charge in [0, 0.05) is 6.04 Å². The second kappa shape index (κ2) is 7.49. The van der Waals surface area contributed by atoms with Crippen LogP contribution in [0.25, 0.3) is 0 Å². The summed E-state index contributed by atoms with van der Waals surface area (Å²) < 4.78 is 5.00. The van der Waals surface area contributed by atoms with Gasteiger partial charge in [-0.05, 0) is 42.9 Å². The van der Waals surface area contributed by atoms with Crippen molar-refractivity contribution in [2.45, 2.75) is 46.1 Å². The van der Waals surface area contributed by atoms with E-state index in [1.54, 1.807) is 6.07 Å². The quantitative estimate of drug-likeness (QED) is 0.837. The van der Waals surface area contributed by atoms with Crippen molar-refractivity contribution in [2.75, 3.05) is 6.61 Å². The second-order valence-corrected chi connectivity index (χ2v) is 6.54. The van der Waals surface area contributed by atoms with Crippen LogP contribution in [0.4, 0.5) is 0 Å². The predicted molar refractivity (Wildman–Crippen MR) is 87.2 cm³/mol. The molecule has 0 saturated heterocycles. The molecule has 23 heavy (non-hydrogen) atoms. The minimum atomic E-state index is -0.692. The predicted octanol–water partition coefficient (Wildman–Crippen LogP) is 2.80. The first-order valence-electron chi connectivity index (χ1n) is 8.14. The monoisotopic (exact) mass is 319 g/mol. The fourth-order valence-electron chi connectivity index (χ4n) is 3.06. The number of ether oxygens (including phenoxy) is 1. The van der Waals surface area contributed by atoms with Crippen molar-refractivity contribution < 1.29 is 19.4 Å². The van der Waals surface area contributed by atoms with Crippen LogP contribution in [0.5, 0.6) is 5.75 Å². The summed E-state index contributed by atoms with van der Waals surface area (Å²) in [6.45, 7) is 5.83. The number of nitrogens with one attached hydrogen (secondary N) is 1. The third kappa shape index (κ3) is 4.47. The summed E-state index contributed by atoms with van der Waals surface area (Å²) in [7, 11) is 0. The Morgan fingerprint density at radius 2 is 2.04 bits per heavy atom. The Morgan fingerprint density at radius 1 is 1.30 bits per heavy atom. The van der Waals surface area contributed by atoms with Crippen molar-refractivity contribution in [3.8, 4) is 5.75 Å². The van der Waals surface area contributed by atoms with E-state index in [2.05, 4.69) is 19.2 Å². The van der Waals surface area contributed by atoms with Gasteiger partial charge in [0.05, 0.1) is 0 Å². The lowest BCUT2D eigenvalue weighted by Crippen LogP contribution is -2.45. The normalized spacial score (nSPS) is 24.0. The molecule has 0 radical (unpaired) electrons. The molecule has 0 spiro atoms. The molecule has 126 valence electrons. The van der Waals surface area contributed by atoms with Gasteiger partial charge in [0.15, 0.2) is 6.61 Å². The summed E-state index contributed by atoms with van der Waals surface area (Å²) in [5.74, 6) is -0.116. The van der Waals surface area contributed by atoms with E-state index in [0.717, 1.165) is 18.4 Å². The Labute approximate surface area is 137 Å². The Hall–Kier alpha value is -2.04. The zero-order valence-electron chi connectivity index (χ0n) is 14.0. The maximum absolute atomic E-state index is 12.0. The number of esters is 1. The van der Waals surface area contributed by atoms with E-state index in [0.29, 0.717) is 11.8 Å². The topological polar surface area (TPSA) is 75.6 Å². The van der Waals surface area contributed by atoms with Crippen molar-refractivity contribution >= 4 is 11.9 Å². The molecular weight excluding hydrogens is 294 g/mol. The van der Waals surface area contributed by atoms with Crippen LogP contribution in [-0.4, -0.2) is 29.6 Å². The number of aryl methyl sites for hydroxylation is 1. The van der Waals surface area contributed by atoms with Gasteiger partial charge in [0.25, 0.3) is 5.91 Å². The Morgan fingerprint density at radius 3 is 2.74 bits per heavy atom. The Kier molecular flexibility index (Phi) is 5.64. The highest BCUT2D eigenvalue weighted by molar-refractivity contribution is 5.93. The fourth-order valence-corrected chi connectivity index (χ4v) is 3.06. The summed E-state index contributed by atoms with van der Waals surface area (Å²) in [5, 5.41) is 12.7. The van der Waals surface area contributed by atoms with Gasteiger partial charge in [-0.2, -0.15) is 0 Å². The minimum absolute atomic E-state index is 0.0723. The van der Waals surface area contributed by atoms with Crippen LogP contribution < -0.4 is 5.32 Å². The smallest absolute Gasteiger partial charge is 0.342 e. The lowest BCUT2D eigenvalue weighted by molar-refractivity contribution is -0.125. The molecule has 1 saturated carbocycles. The number of carbonyl (C=O) groups excluding carboxylic acids is 2. The van der Waals surface area contributed by atoms with Crippen molar-refractivity contribution in [1.29, 1.82) is 0 Å². The molecule has 1 aromatic rings. The molecule has 1 fully saturated rings. The molecule has 2 N–H and O–H groups in total. The highest BCUT2D eigenvalue weighted by atomic mass is 16.5.